The molecule has 5 amide bonds. The Morgan fingerprint density at radius 2 is 0.851 bits per heavy atom. The molecule has 388 valence electrons. The highest BCUT2D eigenvalue weighted by Gasteiger charge is 2.54. The molecule has 0 spiro atoms. The van der Waals surface area contributed by atoms with Crippen molar-refractivity contribution in [3.63, 3.8) is 0 Å². The third-order valence-corrected chi connectivity index (χ3v) is 9.64. The van der Waals surface area contributed by atoms with Gasteiger partial charge in [-0.2, -0.15) is 0 Å². The number of aliphatic hydroxyl groups is 5. The molecular formula is C43H77N5O19. The van der Waals surface area contributed by atoms with Crippen molar-refractivity contribution in [1.82, 2.24) is 26.6 Å². The summed E-state index contributed by atoms with van der Waals surface area (Å²) in [6.45, 7) is 23.2. The maximum Gasteiger partial charge on any atom is 0.408 e. The molecule has 10 N–H and O–H groups in total. The molecule has 0 aromatic heterocycles. The van der Waals surface area contributed by atoms with Gasteiger partial charge in [-0.1, -0.05) is 0 Å². The number of hydrogen-bond donors (Lipinski definition) is 10. The molecule has 1 saturated carbocycles. The first-order chi connectivity index (χ1) is 30.4. The highest BCUT2D eigenvalue weighted by atomic mass is 16.7. The van der Waals surface area contributed by atoms with Gasteiger partial charge in [0.15, 0.2) is 12.6 Å². The molecule has 0 bridgehead atoms. The standard InChI is InChI=1S/C43H77N5O19/c1-39(2,3)63-34(54)44-18-24-23(50)17-22(47-37(57)66-42(10,11)12)32(59-24)61-30-20(45-35(55)64-40(4,5)6)16-21(46-36(56)65-41(7,8)9)31(29(30)53)62-33-28(52)26(27(51)25(19-49)60-33)48-38(58)67-43(13,14)15/h20-33,49-53H,16-19H2,1-15H3,(H,44,54)(H,45,55)(H,46,56)(H,47,57)(H,48,58). The van der Waals surface area contributed by atoms with Crippen molar-refractivity contribution in [3.8, 4) is 0 Å². The average Bonchev–Trinajstić information content (AvgIpc) is 3.10. The zero-order chi connectivity index (χ0) is 51.2. The summed E-state index contributed by atoms with van der Waals surface area (Å²) >= 11 is 0. The topological polar surface area (TPSA) is 330 Å². The Hall–Kier alpha value is -4.01. The van der Waals surface area contributed by atoms with Gasteiger partial charge in [-0.05, 0) is 110 Å². The number of carbonyl (C=O) groups is 5. The zero-order valence-corrected chi connectivity index (χ0v) is 41.4. The van der Waals surface area contributed by atoms with Crippen LogP contribution in [0.5, 0.6) is 0 Å². The van der Waals surface area contributed by atoms with E-state index in [1.54, 1.807) is 104 Å². The van der Waals surface area contributed by atoms with Crippen LogP contribution in [-0.2, 0) is 42.6 Å². The molecule has 1 aliphatic carbocycles. The van der Waals surface area contributed by atoms with Crippen molar-refractivity contribution in [3.05, 3.63) is 0 Å². The number of carbonyl (C=O) groups excluding carboxylic acids is 5. The van der Waals surface area contributed by atoms with Crippen LogP contribution in [0.1, 0.15) is 117 Å². The molecule has 67 heavy (non-hydrogen) atoms. The third kappa shape index (κ3) is 19.1. The van der Waals surface area contributed by atoms with Crippen molar-refractivity contribution < 1.29 is 92.1 Å². The van der Waals surface area contributed by atoms with E-state index in [4.69, 9.17) is 42.6 Å². The van der Waals surface area contributed by atoms with Crippen LogP contribution < -0.4 is 26.6 Å². The highest BCUT2D eigenvalue weighted by molar-refractivity contribution is 5.70. The van der Waals surface area contributed by atoms with Gasteiger partial charge in [-0.3, -0.25) is 0 Å². The second-order valence-corrected chi connectivity index (χ2v) is 21.8. The summed E-state index contributed by atoms with van der Waals surface area (Å²) in [6, 6.07) is -5.42. The van der Waals surface area contributed by atoms with E-state index in [0.717, 1.165) is 0 Å². The van der Waals surface area contributed by atoms with Crippen molar-refractivity contribution in [2.45, 2.75) is 230 Å². The normalized spacial score (nSPS) is 31.9. The van der Waals surface area contributed by atoms with E-state index in [0.29, 0.717) is 0 Å². The van der Waals surface area contributed by atoms with E-state index in [9.17, 15) is 49.5 Å². The van der Waals surface area contributed by atoms with Crippen LogP contribution in [0.3, 0.4) is 0 Å². The lowest BCUT2D eigenvalue weighted by molar-refractivity contribution is -0.318. The number of hydrogen-bond acceptors (Lipinski definition) is 19. The summed E-state index contributed by atoms with van der Waals surface area (Å²) in [6.07, 6.45) is -21.7. The largest absolute Gasteiger partial charge is 0.444 e. The van der Waals surface area contributed by atoms with Crippen LogP contribution in [0.25, 0.3) is 0 Å². The van der Waals surface area contributed by atoms with Crippen LogP contribution in [0.4, 0.5) is 24.0 Å². The Balaban J connectivity index is 2.14. The average molecular weight is 968 g/mol. The van der Waals surface area contributed by atoms with E-state index in [1.165, 1.54) is 0 Å². The molecule has 24 heteroatoms. The first kappa shape index (κ1) is 57.3. The summed E-state index contributed by atoms with van der Waals surface area (Å²) in [5.41, 5.74) is -4.84. The highest BCUT2D eigenvalue weighted by Crippen LogP contribution is 2.34. The molecule has 3 rings (SSSR count). The monoisotopic (exact) mass is 968 g/mol. The van der Waals surface area contributed by atoms with Crippen molar-refractivity contribution >= 4 is 30.5 Å². The van der Waals surface area contributed by atoms with Crippen LogP contribution in [0.2, 0.25) is 0 Å². The van der Waals surface area contributed by atoms with Gasteiger partial charge in [-0.25, -0.2) is 24.0 Å². The van der Waals surface area contributed by atoms with Crippen LogP contribution in [-0.4, -0.2) is 183 Å². The van der Waals surface area contributed by atoms with Crippen LogP contribution >= 0.6 is 0 Å². The maximum atomic E-state index is 13.5. The molecule has 24 nitrogen and oxygen atoms in total. The molecule has 14 unspecified atom stereocenters. The SMILES string of the molecule is CC(C)(C)OC(=O)NCC1OC(OC2C(NC(=O)OC(C)(C)C)CC(NC(=O)OC(C)(C)C)C(OC3OC(CO)C(O)C(NC(=O)OC(C)(C)C)C3O)C2O)C(NC(=O)OC(C)(C)C)CC1O. The Labute approximate surface area is 392 Å². The second-order valence-electron chi connectivity index (χ2n) is 21.8. The molecule has 2 aliphatic heterocycles. The molecule has 14 atom stereocenters. The Kier molecular flexibility index (Phi) is 19.3. The predicted octanol–water partition coefficient (Wildman–Crippen LogP) is 1.53. The smallest absolute Gasteiger partial charge is 0.408 e. The number of aliphatic hydroxyl groups excluding tert-OH is 5. The lowest BCUT2D eigenvalue weighted by Gasteiger charge is -2.49. The second kappa shape index (κ2) is 22.6. The fraction of sp³-hybridized carbons (Fsp3) is 0.884. The number of alkyl carbamates (subject to hydrolysis) is 5. The zero-order valence-electron chi connectivity index (χ0n) is 41.4. The van der Waals surface area contributed by atoms with Gasteiger partial charge >= 0.3 is 30.5 Å². The molecule has 0 aromatic carbocycles. The van der Waals surface area contributed by atoms with E-state index < -0.39 is 151 Å². The van der Waals surface area contributed by atoms with Crippen LogP contribution in [0.15, 0.2) is 0 Å². The summed E-state index contributed by atoms with van der Waals surface area (Å²) in [5.74, 6) is 0. The fourth-order valence-corrected chi connectivity index (χ4v) is 7.15. The van der Waals surface area contributed by atoms with Crippen molar-refractivity contribution in [1.29, 1.82) is 0 Å². The molecule has 2 heterocycles. The summed E-state index contributed by atoms with van der Waals surface area (Å²) in [5, 5.41) is 69.5. The minimum Gasteiger partial charge on any atom is -0.444 e. The molecule has 3 aliphatic rings. The summed E-state index contributed by atoms with van der Waals surface area (Å²) < 4.78 is 51.9. The Bertz CT molecular complexity index is 1670. The predicted molar refractivity (Wildman–Crippen MR) is 234 cm³/mol. The summed E-state index contributed by atoms with van der Waals surface area (Å²) in [7, 11) is 0. The van der Waals surface area contributed by atoms with E-state index in [2.05, 4.69) is 26.6 Å². The first-order valence-electron chi connectivity index (χ1n) is 22.3. The molecule has 0 radical (unpaired) electrons. The maximum absolute atomic E-state index is 13.5. The minimum absolute atomic E-state index is 0.251. The quantitative estimate of drug-likeness (QED) is 0.131. The number of nitrogens with one attached hydrogen (secondary N) is 5. The van der Waals surface area contributed by atoms with E-state index in [1.807, 2.05) is 0 Å². The summed E-state index contributed by atoms with van der Waals surface area (Å²) in [4.78, 5) is 65.6. The first-order valence-corrected chi connectivity index (χ1v) is 22.3. The van der Waals surface area contributed by atoms with Crippen molar-refractivity contribution in [2.24, 2.45) is 0 Å². The van der Waals surface area contributed by atoms with Gasteiger partial charge in [-0.15, -0.1) is 0 Å². The van der Waals surface area contributed by atoms with E-state index in [-0.39, 0.29) is 19.4 Å². The molecule has 3 fully saturated rings. The van der Waals surface area contributed by atoms with Gasteiger partial charge in [0.2, 0.25) is 0 Å². The number of ether oxygens (including phenoxy) is 9. The Morgan fingerprint density at radius 1 is 0.478 bits per heavy atom. The van der Waals surface area contributed by atoms with Gasteiger partial charge in [0.1, 0.15) is 70.7 Å². The number of amides is 5. The molecule has 0 aromatic rings. The van der Waals surface area contributed by atoms with Crippen LogP contribution in [0, 0.1) is 0 Å². The van der Waals surface area contributed by atoms with E-state index >= 15 is 0 Å². The molecule has 2 saturated heterocycles. The lowest BCUT2D eigenvalue weighted by atomic mass is 9.83. The number of rotatable bonds is 11. The van der Waals surface area contributed by atoms with Gasteiger partial charge in [0.25, 0.3) is 0 Å². The lowest BCUT2D eigenvalue weighted by Crippen LogP contribution is -2.70. The Morgan fingerprint density at radius 3 is 1.27 bits per heavy atom. The van der Waals surface area contributed by atoms with Crippen molar-refractivity contribution in [2.75, 3.05) is 13.2 Å². The van der Waals surface area contributed by atoms with Gasteiger partial charge < -0.3 is 94.7 Å². The minimum atomic E-state index is -1.96. The fourth-order valence-electron chi connectivity index (χ4n) is 7.15. The molecular weight excluding hydrogens is 890 g/mol. The van der Waals surface area contributed by atoms with Gasteiger partial charge in [0.05, 0.1) is 36.9 Å². The third-order valence-electron chi connectivity index (χ3n) is 9.64. The van der Waals surface area contributed by atoms with Gasteiger partial charge in [0, 0.05) is 13.0 Å².